The fourth-order valence-corrected chi connectivity index (χ4v) is 1.71. The Kier molecular flexibility index (Phi) is 4.58. The molecule has 0 heterocycles. The highest BCUT2D eigenvalue weighted by molar-refractivity contribution is 5.39. The molecule has 0 saturated heterocycles. The summed E-state index contributed by atoms with van der Waals surface area (Å²) in [5.41, 5.74) is 2.74. The maximum absolute atomic E-state index is 5.39. The van der Waals surface area contributed by atoms with Crippen LogP contribution in [-0.4, -0.2) is 12.6 Å². The zero-order valence-corrected chi connectivity index (χ0v) is 11.9. The molecule has 0 aliphatic heterocycles. The Labute approximate surface area is 105 Å². The summed E-state index contributed by atoms with van der Waals surface area (Å²) in [6.45, 7) is 11.8. The maximum Gasteiger partial charge on any atom is 0.122 e. The van der Waals surface area contributed by atoms with Crippen molar-refractivity contribution in [1.82, 2.24) is 5.32 Å². The monoisotopic (exact) mass is 235 g/mol. The van der Waals surface area contributed by atoms with Crippen molar-refractivity contribution in [2.24, 2.45) is 0 Å². The van der Waals surface area contributed by atoms with Crippen LogP contribution in [0.3, 0.4) is 0 Å². The number of hydrogen-bond donors (Lipinski definition) is 1. The average Bonchev–Trinajstić information content (AvgIpc) is 2.25. The van der Waals surface area contributed by atoms with Crippen molar-refractivity contribution in [3.05, 3.63) is 29.3 Å². The Bertz CT molecular complexity index is 364. The minimum absolute atomic E-state index is 0.151. The van der Waals surface area contributed by atoms with E-state index in [1.54, 1.807) is 7.11 Å². The summed E-state index contributed by atoms with van der Waals surface area (Å²) in [5.74, 6) is 1.47. The van der Waals surface area contributed by atoms with Crippen LogP contribution in [0.5, 0.6) is 5.75 Å². The van der Waals surface area contributed by atoms with E-state index in [9.17, 15) is 0 Å². The fourth-order valence-electron chi connectivity index (χ4n) is 1.71. The minimum atomic E-state index is 0.151. The first kappa shape index (κ1) is 14.0. The Balaban J connectivity index is 2.85. The first-order chi connectivity index (χ1) is 7.83. The molecule has 0 radical (unpaired) electrons. The van der Waals surface area contributed by atoms with Crippen molar-refractivity contribution in [2.75, 3.05) is 7.11 Å². The summed E-state index contributed by atoms with van der Waals surface area (Å²) in [7, 11) is 1.73. The van der Waals surface area contributed by atoms with E-state index in [0.717, 1.165) is 12.3 Å². The van der Waals surface area contributed by atoms with E-state index in [1.165, 1.54) is 11.1 Å². The lowest BCUT2D eigenvalue weighted by Crippen LogP contribution is -2.35. The molecule has 0 unspecified atom stereocenters. The van der Waals surface area contributed by atoms with E-state index in [4.69, 9.17) is 4.74 Å². The van der Waals surface area contributed by atoms with Gasteiger partial charge in [0.2, 0.25) is 0 Å². The third kappa shape index (κ3) is 4.39. The van der Waals surface area contributed by atoms with Crippen LogP contribution in [0.1, 0.15) is 51.7 Å². The first-order valence-electron chi connectivity index (χ1n) is 6.25. The molecule has 0 amide bonds. The summed E-state index contributed by atoms with van der Waals surface area (Å²) >= 11 is 0. The van der Waals surface area contributed by atoms with Crippen molar-refractivity contribution in [1.29, 1.82) is 0 Å². The van der Waals surface area contributed by atoms with Gasteiger partial charge in [0, 0.05) is 12.1 Å². The number of ether oxygens (including phenoxy) is 1. The van der Waals surface area contributed by atoms with Gasteiger partial charge in [-0.25, -0.2) is 0 Å². The second-order valence-corrected chi connectivity index (χ2v) is 5.83. The smallest absolute Gasteiger partial charge is 0.122 e. The Morgan fingerprint density at radius 2 is 1.88 bits per heavy atom. The lowest BCUT2D eigenvalue weighted by Gasteiger charge is -2.21. The highest BCUT2D eigenvalue weighted by atomic mass is 16.5. The lowest BCUT2D eigenvalue weighted by atomic mass is 9.99. The molecule has 0 bridgehead atoms. The average molecular weight is 235 g/mol. The summed E-state index contributed by atoms with van der Waals surface area (Å²) < 4.78 is 5.39. The molecule has 0 atom stereocenters. The van der Waals surface area contributed by atoms with Crippen molar-refractivity contribution in [3.8, 4) is 5.75 Å². The van der Waals surface area contributed by atoms with Gasteiger partial charge in [-0.1, -0.05) is 26.0 Å². The third-order valence-corrected chi connectivity index (χ3v) is 2.74. The molecule has 0 spiro atoms. The highest BCUT2D eigenvalue weighted by Gasteiger charge is 2.11. The van der Waals surface area contributed by atoms with Crippen LogP contribution in [-0.2, 0) is 6.54 Å². The second kappa shape index (κ2) is 5.54. The zero-order chi connectivity index (χ0) is 13.1. The minimum Gasteiger partial charge on any atom is -0.496 e. The summed E-state index contributed by atoms with van der Waals surface area (Å²) in [4.78, 5) is 0. The molecular formula is C15H25NO. The molecule has 0 saturated carbocycles. The van der Waals surface area contributed by atoms with E-state index in [-0.39, 0.29) is 5.54 Å². The molecule has 96 valence electrons. The van der Waals surface area contributed by atoms with Gasteiger partial charge in [-0.15, -0.1) is 0 Å². The van der Waals surface area contributed by atoms with Gasteiger partial charge in [0.05, 0.1) is 7.11 Å². The molecule has 1 rings (SSSR count). The first-order valence-corrected chi connectivity index (χ1v) is 6.25. The lowest BCUT2D eigenvalue weighted by molar-refractivity contribution is 0.406. The Morgan fingerprint density at radius 1 is 1.24 bits per heavy atom. The molecule has 1 aromatic rings. The number of benzene rings is 1. The number of methoxy groups -OCH3 is 1. The molecule has 0 fully saturated rings. The second-order valence-electron chi connectivity index (χ2n) is 5.83. The maximum atomic E-state index is 5.39. The van der Waals surface area contributed by atoms with Crippen LogP contribution in [0.4, 0.5) is 0 Å². The molecule has 0 aromatic heterocycles. The topological polar surface area (TPSA) is 21.3 Å². The van der Waals surface area contributed by atoms with E-state index in [1.807, 2.05) is 0 Å². The van der Waals surface area contributed by atoms with Gasteiger partial charge >= 0.3 is 0 Å². The normalized spacial score (nSPS) is 11.9. The third-order valence-electron chi connectivity index (χ3n) is 2.74. The van der Waals surface area contributed by atoms with E-state index in [2.05, 4.69) is 58.1 Å². The number of rotatable bonds is 4. The van der Waals surface area contributed by atoms with E-state index < -0.39 is 0 Å². The zero-order valence-electron chi connectivity index (χ0n) is 11.9. The largest absolute Gasteiger partial charge is 0.496 e. The summed E-state index contributed by atoms with van der Waals surface area (Å²) in [6, 6.07) is 6.43. The van der Waals surface area contributed by atoms with Gasteiger partial charge < -0.3 is 10.1 Å². The molecule has 2 nitrogen and oxygen atoms in total. The Morgan fingerprint density at radius 3 is 2.35 bits per heavy atom. The van der Waals surface area contributed by atoms with Gasteiger partial charge in [0.25, 0.3) is 0 Å². The Hall–Kier alpha value is -1.02. The van der Waals surface area contributed by atoms with Crippen LogP contribution in [0, 0.1) is 0 Å². The number of hydrogen-bond acceptors (Lipinski definition) is 2. The van der Waals surface area contributed by atoms with Gasteiger partial charge in [-0.2, -0.15) is 0 Å². The van der Waals surface area contributed by atoms with Crippen molar-refractivity contribution >= 4 is 0 Å². The van der Waals surface area contributed by atoms with Gasteiger partial charge in [0.15, 0.2) is 0 Å². The van der Waals surface area contributed by atoms with Crippen LogP contribution in [0.15, 0.2) is 18.2 Å². The summed E-state index contributed by atoms with van der Waals surface area (Å²) in [6.07, 6.45) is 0. The molecule has 2 heteroatoms. The van der Waals surface area contributed by atoms with Gasteiger partial charge in [0.1, 0.15) is 5.75 Å². The predicted molar refractivity (Wildman–Crippen MR) is 73.7 cm³/mol. The predicted octanol–water partition coefficient (Wildman–Crippen LogP) is 3.71. The van der Waals surface area contributed by atoms with Crippen molar-refractivity contribution in [2.45, 2.75) is 52.6 Å². The molecule has 0 aliphatic carbocycles. The van der Waals surface area contributed by atoms with E-state index in [0.29, 0.717) is 5.92 Å². The highest BCUT2D eigenvalue weighted by Crippen LogP contribution is 2.27. The van der Waals surface area contributed by atoms with Crippen molar-refractivity contribution < 1.29 is 4.74 Å². The molecule has 17 heavy (non-hydrogen) atoms. The van der Waals surface area contributed by atoms with Crippen molar-refractivity contribution in [3.63, 3.8) is 0 Å². The van der Waals surface area contributed by atoms with Crippen LogP contribution in [0.25, 0.3) is 0 Å². The van der Waals surface area contributed by atoms with Crippen LogP contribution < -0.4 is 10.1 Å². The standard InChI is InChI=1S/C15H25NO/c1-11(2)13-9-12(7-8-14(13)17-6)10-16-15(3,4)5/h7-9,11,16H,10H2,1-6H3. The van der Waals surface area contributed by atoms with Gasteiger partial charge in [-0.05, 0) is 43.9 Å². The molecule has 0 aliphatic rings. The molecule has 1 N–H and O–H groups in total. The SMILES string of the molecule is COc1ccc(CNC(C)(C)C)cc1C(C)C. The number of nitrogens with one attached hydrogen (secondary N) is 1. The molecular weight excluding hydrogens is 210 g/mol. The fraction of sp³-hybridized carbons (Fsp3) is 0.600. The summed E-state index contributed by atoms with van der Waals surface area (Å²) in [5, 5.41) is 3.50. The van der Waals surface area contributed by atoms with Crippen LogP contribution in [0.2, 0.25) is 0 Å². The van der Waals surface area contributed by atoms with E-state index >= 15 is 0 Å². The van der Waals surface area contributed by atoms with Gasteiger partial charge in [-0.3, -0.25) is 0 Å². The molecule has 1 aromatic carbocycles. The quantitative estimate of drug-likeness (QED) is 0.859. The van der Waals surface area contributed by atoms with Crippen LogP contribution >= 0.6 is 0 Å².